The molecule has 3 rings (SSSR count). The van der Waals surface area contributed by atoms with E-state index in [0.29, 0.717) is 45.7 Å². The van der Waals surface area contributed by atoms with Crippen LogP contribution < -0.4 is 10.6 Å². The van der Waals surface area contributed by atoms with E-state index in [1.165, 1.54) is 0 Å². The molecule has 1 aliphatic heterocycles. The molecular formula is C24H33N3O4. The Hall–Kier alpha value is -2.67. The number of hydrogen-bond donors (Lipinski definition) is 2. The number of ether oxygens (including phenoxy) is 1. The van der Waals surface area contributed by atoms with Crippen LogP contribution in [0.15, 0.2) is 36.4 Å². The standard InChI is InChI=1S/C24H33N3O4/c1-3-17(2)22(28)26-19-8-6-7-18(15-19)16-25-23(29)20-9-4-5-10-21(20)24(30)27-11-13-31-14-12-27/h4-8,15,17,20-21H,3,9-14,16H2,1-2H3,(H,25,29)(H,26,28). The Balaban J connectivity index is 1.59. The normalized spacial score (nSPS) is 21.9. The highest BCUT2D eigenvalue weighted by molar-refractivity contribution is 5.92. The molecule has 7 heteroatoms. The summed E-state index contributed by atoms with van der Waals surface area (Å²) in [5.74, 6) is -0.823. The fourth-order valence-electron chi connectivity index (χ4n) is 3.93. The topological polar surface area (TPSA) is 87.7 Å². The maximum absolute atomic E-state index is 13.0. The van der Waals surface area contributed by atoms with Crippen LogP contribution in [0.25, 0.3) is 0 Å². The predicted molar refractivity (Wildman–Crippen MR) is 119 cm³/mol. The van der Waals surface area contributed by atoms with E-state index in [2.05, 4.69) is 10.6 Å². The summed E-state index contributed by atoms with van der Waals surface area (Å²) in [6.45, 7) is 6.50. The molecule has 3 unspecified atom stereocenters. The summed E-state index contributed by atoms with van der Waals surface area (Å²) in [7, 11) is 0. The molecule has 1 saturated heterocycles. The molecule has 7 nitrogen and oxygen atoms in total. The molecule has 3 amide bonds. The molecule has 0 spiro atoms. The highest BCUT2D eigenvalue weighted by Crippen LogP contribution is 2.28. The molecule has 3 atom stereocenters. The number of carbonyl (C=O) groups excluding carboxylic acids is 3. The van der Waals surface area contributed by atoms with Gasteiger partial charge in [0.2, 0.25) is 17.7 Å². The molecule has 1 aromatic rings. The van der Waals surface area contributed by atoms with E-state index in [4.69, 9.17) is 4.74 Å². The minimum atomic E-state index is -0.367. The summed E-state index contributed by atoms with van der Waals surface area (Å²) in [4.78, 5) is 39.9. The van der Waals surface area contributed by atoms with Gasteiger partial charge < -0.3 is 20.3 Å². The van der Waals surface area contributed by atoms with Crippen LogP contribution in [0.1, 0.15) is 38.7 Å². The average molecular weight is 428 g/mol. The van der Waals surface area contributed by atoms with Crippen molar-refractivity contribution in [3.63, 3.8) is 0 Å². The number of amides is 3. The van der Waals surface area contributed by atoms with E-state index in [1.807, 2.05) is 55.2 Å². The lowest BCUT2D eigenvalue weighted by molar-refractivity contribution is -0.145. The summed E-state index contributed by atoms with van der Waals surface area (Å²) in [6.07, 6.45) is 5.92. The lowest BCUT2D eigenvalue weighted by Crippen LogP contribution is -2.48. The van der Waals surface area contributed by atoms with Gasteiger partial charge in [-0.3, -0.25) is 14.4 Å². The van der Waals surface area contributed by atoms with E-state index in [0.717, 1.165) is 17.7 Å². The van der Waals surface area contributed by atoms with Gasteiger partial charge in [0.1, 0.15) is 0 Å². The third-order valence-electron chi connectivity index (χ3n) is 6.13. The molecule has 1 aliphatic carbocycles. The lowest BCUT2D eigenvalue weighted by atomic mass is 9.81. The first-order valence-electron chi connectivity index (χ1n) is 11.2. The minimum absolute atomic E-state index is 0.0119. The summed E-state index contributed by atoms with van der Waals surface area (Å²) in [5.41, 5.74) is 1.62. The van der Waals surface area contributed by atoms with Gasteiger partial charge in [-0.25, -0.2) is 0 Å². The van der Waals surface area contributed by atoms with Gasteiger partial charge in [0.05, 0.1) is 25.0 Å². The summed E-state index contributed by atoms with van der Waals surface area (Å²) in [5, 5.41) is 5.91. The van der Waals surface area contributed by atoms with Crippen molar-refractivity contribution in [1.29, 1.82) is 0 Å². The monoisotopic (exact) mass is 427 g/mol. The third kappa shape index (κ3) is 6.17. The molecule has 0 radical (unpaired) electrons. The number of nitrogens with one attached hydrogen (secondary N) is 2. The molecule has 1 fully saturated rings. The van der Waals surface area contributed by atoms with Gasteiger partial charge in [0, 0.05) is 31.2 Å². The smallest absolute Gasteiger partial charge is 0.227 e. The van der Waals surface area contributed by atoms with E-state index in [9.17, 15) is 14.4 Å². The molecule has 0 bridgehead atoms. The second-order valence-corrected chi connectivity index (χ2v) is 8.31. The summed E-state index contributed by atoms with van der Waals surface area (Å²) >= 11 is 0. The van der Waals surface area contributed by atoms with E-state index < -0.39 is 0 Å². The van der Waals surface area contributed by atoms with Crippen LogP contribution in [-0.4, -0.2) is 48.9 Å². The van der Waals surface area contributed by atoms with Crippen LogP contribution in [0.3, 0.4) is 0 Å². The predicted octanol–water partition coefficient (Wildman–Crippen LogP) is 2.73. The van der Waals surface area contributed by atoms with Crippen molar-refractivity contribution in [3.05, 3.63) is 42.0 Å². The number of hydrogen-bond acceptors (Lipinski definition) is 4. The van der Waals surface area contributed by atoms with Crippen LogP contribution in [-0.2, 0) is 25.7 Å². The van der Waals surface area contributed by atoms with Gasteiger partial charge >= 0.3 is 0 Å². The molecule has 2 aliphatic rings. The first kappa shape index (κ1) is 23.0. The van der Waals surface area contributed by atoms with Crippen LogP contribution in [0, 0.1) is 17.8 Å². The number of anilines is 1. The lowest BCUT2D eigenvalue weighted by Gasteiger charge is -2.34. The summed E-state index contributed by atoms with van der Waals surface area (Å²) < 4.78 is 5.34. The van der Waals surface area contributed by atoms with Gasteiger partial charge in [-0.05, 0) is 37.0 Å². The molecule has 2 N–H and O–H groups in total. The average Bonchev–Trinajstić information content (AvgIpc) is 2.82. The Labute approximate surface area is 184 Å². The van der Waals surface area contributed by atoms with Crippen LogP contribution >= 0.6 is 0 Å². The Bertz CT molecular complexity index is 817. The van der Waals surface area contributed by atoms with Crippen molar-refractivity contribution in [3.8, 4) is 0 Å². The molecule has 1 heterocycles. The maximum atomic E-state index is 13.0. The number of carbonyl (C=O) groups is 3. The minimum Gasteiger partial charge on any atom is -0.378 e. The van der Waals surface area contributed by atoms with Crippen molar-refractivity contribution >= 4 is 23.4 Å². The van der Waals surface area contributed by atoms with Crippen molar-refractivity contribution in [2.45, 2.75) is 39.7 Å². The first-order valence-corrected chi connectivity index (χ1v) is 11.2. The van der Waals surface area contributed by atoms with Crippen molar-refractivity contribution in [2.75, 3.05) is 31.6 Å². The molecule has 168 valence electrons. The van der Waals surface area contributed by atoms with E-state index in [1.54, 1.807) is 0 Å². The first-order chi connectivity index (χ1) is 15.0. The quantitative estimate of drug-likeness (QED) is 0.655. The number of morpholine rings is 1. The zero-order chi connectivity index (χ0) is 22.2. The largest absolute Gasteiger partial charge is 0.378 e. The Kier molecular flexibility index (Phi) is 8.23. The second-order valence-electron chi connectivity index (χ2n) is 8.31. The second kappa shape index (κ2) is 11.1. The van der Waals surface area contributed by atoms with Gasteiger partial charge in [-0.1, -0.05) is 38.1 Å². The Morgan fingerprint density at radius 2 is 1.84 bits per heavy atom. The van der Waals surface area contributed by atoms with Crippen molar-refractivity contribution in [1.82, 2.24) is 10.2 Å². The number of benzene rings is 1. The summed E-state index contributed by atoms with van der Waals surface area (Å²) in [6, 6.07) is 7.49. The number of nitrogens with zero attached hydrogens (tertiary/aromatic N) is 1. The molecule has 0 saturated carbocycles. The molecular weight excluding hydrogens is 394 g/mol. The van der Waals surface area contributed by atoms with Crippen LogP contribution in [0.2, 0.25) is 0 Å². The van der Waals surface area contributed by atoms with Crippen LogP contribution in [0.5, 0.6) is 0 Å². The van der Waals surface area contributed by atoms with Crippen molar-refractivity contribution < 1.29 is 19.1 Å². The zero-order valence-corrected chi connectivity index (χ0v) is 18.4. The van der Waals surface area contributed by atoms with Crippen molar-refractivity contribution in [2.24, 2.45) is 17.8 Å². The third-order valence-corrected chi connectivity index (χ3v) is 6.13. The maximum Gasteiger partial charge on any atom is 0.227 e. The van der Waals surface area contributed by atoms with Gasteiger partial charge in [0.15, 0.2) is 0 Å². The Morgan fingerprint density at radius 1 is 1.13 bits per heavy atom. The van der Waals surface area contributed by atoms with E-state index >= 15 is 0 Å². The fraction of sp³-hybridized carbons (Fsp3) is 0.542. The molecule has 0 aromatic heterocycles. The number of rotatable bonds is 7. The highest BCUT2D eigenvalue weighted by atomic mass is 16.5. The zero-order valence-electron chi connectivity index (χ0n) is 18.4. The van der Waals surface area contributed by atoms with E-state index in [-0.39, 0.29) is 35.5 Å². The van der Waals surface area contributed by atoms with Gasteiger partial charge in [0.25, 0.3) is 0 Å². The highest BCUT2D eigenvalue weighted by Gasteiger charge is 2.36. The molecule has 31 heavy (non-hydrogen) atoms. The SMILES string of the molecule is CCC(C)C(=O)Nc1cccc(CNC(=O)C2CC=CCC2C(=O)N2CCOCC2)c1. The molecule has 1 aromatic carbocycles. The van der Waals surface area contributed by atoms with Gasteiger partial charge in [-0.15, -0.1) is 0 Å². The number of allylic oxidation sites excluding steroid dienone is 2. The van der Waals surface area contributed by atoms with Crippen LogP contribution in [0.4, 0.5) is 5.69 Å². The van der Waals surface area contributed by atoms with Gasteiger partial charge in [-0.2, -0.15) is 0 Å². The fourth-order valence-corrected chi connectivity index (χ4v) is 3.93. The Morgan fingerprint density at radius 3 is 2.55 bits per heavy atom.